The maximum atomic E-state index is 13.1. The van der Waals surface area contributed by atoms with Crippen molar-refractivity contribution in [2.24, 2.45) is 0 Å². The summed E-state index contributed by atoms with van der Waals surface area (Å²) in [6.45, 7) is 0. The highest BCUT2D eigenvalue weighted by atomic mass is 79.9. The van der Waals surface area contributed by atoms with Crippen molar-refractivity contribution in [1.82, 2.24) is 4.98 Å². The Balaban J connectivity index is 1.74. The van der Waals surface area contributed by atoms with Crippen molar-refractivity contribution in [3.8, 4) is 0 Å². The Morgan fingerprint density at radius 3 is 2.95 bits per heavy atom. The molecule has 19 heavy (non-hydrogen) atoms. The first-order valence-corrected chi connectivity index (χ1v) is 7.52. The largest absolute Gasteiger partial charge is 0.298 e. The lowest BCUT2D eigenvalue weighted by molar-refractivity contribution is 0.102. The average Bonchev–Trinajstić information content (AvgIpc) is 3.14. The fourth-order valence-electron chi connectivity index (χ4n) is 1.72. The normalized spacial score (nSPS) is 14.4. The van der Waals surface area contributed by atoms with E-state index in [1.807, 2.05) is 5.38 Å². The molecule has 2 aromatic rings. The van der Waals surface area contributed by atoms with Gasteiger partial charge < -0.3 is 0 Å². The van der Waals surface area contributed by atoms with Crippen molar-refractivity contribution >= 4 is 38.3 Å². The van der Waals surface area contributed by atoms with Gasteiger partial charge in [-0.15, -0.1) is 11.3 Å². The maximum Gasteiger partial charge on any atom is 0.257 e. The Bertz CT molecular complexity index is 639. The molecule has 0 bridgehead atoms. The lowest BCUT2D eigenvalue weighted by Crippen LogP contribution is -2.11. The molecule has 1 saturated carbocycles. The van der Waals surface area contributed by atoms with E-state index in [1.165, 1.54) is 42.4 Å². The van der Waals surface area contributed by atoms with Crippen LogP contribution in [-0.2, 0) is 0 Å². The van der Waals surface area contributed by atoms with E-state index in [1.54, 1.807) is 0 Å². The summed E-state index contributed by atoms with van der Waals surface area (Å²) >= 11 is 4.48. The highest BCUT2D eigenvalue weighted by molar-refractivity contribution is 9.10. The number of amides is 1. The minimum absolute atomic E-state index is 0.276. The van der Waals surface area contributed by atoms with Crippen molar-refractivity contribution in [2.45, 2.75) is 18.8 Å². The van der Waals surface area contributed by atoms with Gasteiger partial charge in [-0.3, -0.25) is 10.1 Å². The lowest BCUT2D eigenvalue weighted by atomic mass is 10.2. The Kier molecular flexibility index (Phi) is 3.36. The third-order valence-electron chi connectivity index (χ3n) is 2.92. The van der Waals surface area contributed by atoms with E-state index in [0.29, 0.717) is 16.6 Å². The minimum atomic E-state index is -0.387. The number of carbonyl (C=O) groups is 1. The Morgan fingerprint density at radius 2 is 2.26 bits per heavy atom. The van der Waals surface area contributed by atoms with Gasteiger partial charge in [-0.25, -0.2) is 9.37 Å². The van der Waals surface area contributed by atoms with Crippen molar-refractivity contribution in [1.29, 1.82) is 0 Å². The molecular formula is C13H10BrFN2OS. The number of rotatable bonds is 3. The van der Waals surface area contributed by atoms with Gasteiger partial charge in [-0.2, -0.15) is 0 Å². The van der Waals surface area contributed by atoms with Gasteiger partial charge in [0.15, 0.2) is 5.13 Å². The molecule has 0 saturated heterocycles. The number of hydrogen-bond acceptors (Lipinski definition) is 3. The molecule has 0 radical (unpaired) electrons. The summed E-state index contributed by atoms with van der Waals surface area (Å²) in [5.41, 5.74) is 1.46. The topological polar surface area (TPSA) is 42.0 Å². The molecule has 1 amide bonds. The van der Waals surface area contributed by atoms with Crippen LogP contribution in [0.2, 0.25) is 0 Å². The zero-order chi connectivity index (χ0) is 13.4. The molecule has 1 heterocycles. The minimum Gasteiger partial charge on any atom is -0.298 e. The summed E-state index contributed by atoms with van der Waals surface area (Å²) in [5.74, 6) is -0.0962. The first kappa shape index (κ1) is 12.7. The lowest BCUT2D eigenvalue weighted by Gasteiger charge is -2.02. The van der Waals surface area contributed by atoms with Gasteiger partial charge in [0.1, 0.15) is 5.82 Å². The van der Waals surface area contributed by atoms with Crippen molar-refractivity contribution in [2.75, 3.05) is 5.32 Å². The van der Waals surface area contributed by atoms with Crippen LogP contribution in [-0.4, -0.2) is 10.9 Å². The fourth-order valence-corrected chi connectivity index (χ4v) is 2.88. The molecule has 1 aromatic carbocycles. The third kappa shape index (κ3) is 2.84. The number of halogens is 2. The molecule has 3 nitrogen and oxygen atoms in total. The monoisotopic (exact) mass is 340 g/mol. The van der Waals surface area contributed by atoms with E-state index in [2.05, 4.69) is 26.2 Å². The van der Waals surface area contributed by atoms with Crippen molar-refractivity contribution < 1.29 is 9.18 Å². The van der Waals surface area contributed by atoms with Gasteiger partial charge >= 0.3 is 0 Å². The van der Waals surface area contributed by atoms with Crippen molar-refractivity contribution in [3.63, 3.8) is 0 Å². The summed E-state index contributed by atoms with van der Waals surface area (Å²) in [6.07, 6.45) is 2.37. The van der Waals surface area contributed by atoms with Crippen LogP contribution in [0.3, 0.4) is 0 Å². The SMILES string of the molecule is O=C(Nc1nc(C2CC2)cs1)c1ccc(F)c(Br)c1. The van der Waals surface area contributed by atoms with E-state index in [9.17, 15) is 9.18 Å². The second-order valence-corrected chi connectivity index (χ2v) is 6.15. The van der Waals surface area contributed by atoms with Gasteiger partial charge in [-0.1, -0.05) is 0 Å². The number of aromatic nitrogens is 1. The summed E-state index contributed by atoms with van der Waals surface area (Å²) in [4.78, 5) is 16.4. The maximum absolute atomic E-state index is 13.1. The second-order valence-electron chi connectivity index (χ2n) is 4.43. The molecular weight excluding hydrogens is 331 g/mol. The summed E-state index contributed by atoms with van der Waals surface area (Å²) in [7, 11) is 0. The average molecular weight is 341 g/mol. The van der Waals surface area contributed by atoms with Crippen molar-refractivity contribution in [3.05, 3.63) is 45.1 Å². The first-order chi connectivity index (χ1) is 9.13. The Hall–Kier alpha value is -1.27. The van der Waals surface area contributed by atoms with E-state index >= 15 is 0 Å². The zero-order valence-corrected chi connectivity index (χ0v) is 12.2. The van der Waals surface area contributed by atoms with E-state index in [4.69, 9.17) is 0 Å². The van der Waals surface area contributed by atoms with Crippen LogP contribution in [0.4, 0.5) is 9.52 Å². The summed E-state index contributed by atoms with van der Waals surface area (Å²) in [5, 5.41) is 5.30. The standard InChI is InChI=1S/C13H10BrFN2OS/c14-9-5-8(3-4-10(9)15)12(18)17-13-16-11(6-19-13)7-1-2-7/h3-7H,1-2H2,(H,16,17,18). The van der Waals surface area contributed by atoms with Gasteiger partial charge in [0, 0.05) is 16.9 Å². The van der Waals surface area contributed by atoms with E-state index in [0.717, 1.165) is 5.69 Å². The van der Waals surface area contributed by atoms with E-state index < -0.39 is 0 Å². The van der Waals surface area contributed by atoms with Crippen LogP contribution >= 0.6 is 27.3 Å². The van der Waals surface area contributed by atoms with Crippen LogP contribution < -0.4 is 5.32 Å². The Morgan fingerprint density at radius 1 is 1.47 bits per heavy atom. The van der Waals surface area contributed by atoms with Crippen LogP contribution in [0, 0.1) is 5.82 Å². The smallest absolute Gasteiger partial charge is 0.257 e. The predicted octanol–water partition coefficient (Wildman–Crippen LogP) is 4.17. The molecule has 1 aliphatic carbocycles. The van der Waals surface area contributed by atoms with Crippen LogP contribution in [0.25, 0.3) is 0 Å². The number of nitrogens with one attached hydrogen (secondary N) is 1. The van der Waals surface area contributed by atoms with Gasteiger partial charge in [-0.05, 0) is 47.0 Å². The van der Waals surface area contributed by atoms with E-state index in [-0.39, 0.29) is 16.2 Å². The zero-order valence-electron chi connectivity index (χ0n) is 9.82. The van der Waals surface area contributed by atoms with Crippen LogP contribution in [0.1, 0.15) is 34.8 Å². The number of carbonyl (C=O) groups excluding carboxylic acids is 1. The predicted molar refractivity (Wildman–Crippen MR) is 76.1 cm³/mol. The van der Waals surface area contributed by atoms with Gasteiger partial charge in [0.2, 0.25) is 0 Å². The number of benzene rings is 1. The molecule has 1 aromatic heterocycles. The van der Waals surface area contributed by atoms with Crippen LogP contribution in [0.5, 0.6) is 0 Å². The summed E-state index contributed by atoms with van der Waals surface area (Å²) in [6, 6.07) is 4.17. The van der Waals surface area contributed by atoms with Gasteiger partial charge in [0.25, 0.3) is 5.91 Å². The molecule has 6 heteroatoms. The Labute approximate surface area is 122 Å². The van der Waals surface area contributed by atoms with Gasteiger partial charge in [0.05, 0.1) is 10.2 Å². The molecule has 0 spiro atoms. The molecule has 0 aliphatic heterocycles. The first-order valence-electron chi connectivity index (χ1n) is 5.85. The molecule has 0 atom stereocenters. The molecule has 0 unspecified atom stereocenters. The molecule has 1 N–H and O–H groups in total. The fraction of sp³-hybridized carbons (Fsp3) is 0.231. The highest BCUT2D eigenvalue weighted by Crippen LogP contribution is 2.40. The molecule has 1 fully saturated rings. The molecule has 1 aliphatic rings. The number of nitrogens with zero attached hydrogens (tertiary/aromatic N) is 1. The quantitative estimate of drug-likeness (QED) is 0.910. The summed E-state index contributed by atoms with van der Waals surface area (Å²) < 4.78 is 13.4. The third-order valence-corrected chi connectivity index (χ3v) is 4.30. The number of thiazole rings is 1. The highest BCUT2D eigenvalue weighted by Gasteiger charge is 2.26. The second kappa shape index (κ2) is 5.02. The number of anilines is 1. The van der Waals surface area contributed by atoms with Crippen LogP contribution in [0.15, 0.2) is 28.1 Å². The number of hydrogen-bond donors (Lipinski definition) is 1. The molecule has 3 rings (SSSR count). The molecule has 98 valence electrons.